The van der Waals surface area contributed by atoms with Crippen LogP contribution in [0.5, 0.6) is 11.5 Å². The molecular formula is C23H24N4O2. The lowest BCUT2D eigenvalue weighted by atomic mass is 9.63. The van der Waals surface area contributed by atoms with Crippen LogP contribution in [0.4, 0.5) is 0 Å². The highest BCUT2D eigenvalue weighted by Crippen LogP contribution is 2.48. The zero-order valence-electron chi connectivity index (χ0n) is 18.6. The van der Waals surface area contributed by atoms with Crippen molar-refractivity contribution in [3.63, 3.8) is 0 Å². The van der Waals surface area contributed by atoms with Crippen molar-refractivity contribution in [3.05, 3.63) is 53.4 Å². The Morgan fingerprint density at radius 1 is 1.31 bits per heavy atom. The summed E-state index contributed by atoms with van der Waals surface area (Å²) in [4.78, 5) is 0. The van der Waals surface area contributed by atoms with Crippen LogP contribution in [0.25, 0.3) is 5.65 Å². The maximum Gasteiger partial charge on any atom is 0.167 e. The third-order valence-corrected chi connectivity index (χ3v) is 6.15. The van der Waals surface area contributed by atoms with Crippen molar-refractivity contribution in [2.45, 2.75) is 50.5 Å². The Hall–Kier alpha value is -3.07. The van der Waals surface area contributed by atoms with Gasteiger partial charge in [-0.05, 0) is 37.8 Å². The molecule has 0 atom stereocenters. The van der Waals surface area contributed by atoms with E-state index in [1.807, 2.05) is 23.6 Å². The van der Waals surface area contributed by atoms with Crippen molar-refractivity contribution in [2.24, 2.45) is 5.92 Å². The summed E-state index contributed by atoms with van der Waals surface area (Å²) in [5.41, 5.74) is 1.53. The normalized spacial score (nSPS) is 24.4. The predicted octanol–water partition coefficient (Wildman–Crippen LogP) is 4.00. The van der Waals surface area contributed by atoms with Gasteiger partial charge in [-0.1, -0.05) is 18.2 Å². The number of ether oxygens (including phenoxy) is 2. The summed E-state index contributed by atoms with van der Waals surface area (Å²) in [6, 6.07) is 7.72. The molecule has 2 saturated carbocycles. The van der Waals surface area contributed by atoms with Crippen molar-refractivity contribution >= 4 is 5.65 Å². The molecule has 2 fully saturated rings. The van der Waals surface area contributed by atoms with Crippen LogP contribution in [0, 0.1) is 24.2 Å². The first-order valence-electron chi connectivity index (χ1n) is 11.0. The number of aromatic nitrogens is 3. The Morgan fingerprint density at radius 3 is 2.86 bits per heavy atom. The molecule has 3 aromatic rings. The van der Waals surface area contributed by atoms with Gasteiger partial charge in [0.2, 0.25) is 0 Å². The molecule has 5 rings (SSSR count). The third-order valence-electron chi connectivity index (χ3n) is 6.15. The van der Waals surface area contributed by atoms with Gasteiger partial charge in [0.25, 0.3) is 0 Å². The number of nitrogens with zero attached hydrogens (tertiary/aromatic N) is 4. The average molecular weight is 392 g/mol. The Labute approximate surface area is 172 Å². The van der Waals surface area contributed by atoms with Gasteiger partial charge in [-0.25, -0.2) is 0 Å². The molecule has 0 bridgehead atoms. The van der Waals surface area contributed by atoms with Gasteiger partial charge in [0, 0.05) is 36.6 Å². The fourth-order valence-electron chi connectivity index (χ4n) is 4.21. The number of pyridine rings is 1. The van der Waals surface area contributed by atoms with E-state index in [0.29, 0.717) is 24.2 Å². The van der Waals surface area contributed by atoms with E-state index < -0.39 is 5.41 Å². The Kier molecular flexibility index (Phi) is 3.69. The highest BCUT2D eigenvalue weighted by atomic mass is 16.5. The van der Waals surface area contributed by atoms with Crippen molar-refractivity contribution < 1.29 is 12.2 Å². The SMILES string of the molecule is [3H]c1cc([3H])c(OC)c([C@]2(C#N)C[C@@H](Oc3ccn4c(CC5CC5)nnc4c3C)C2)c1. The highest BCUT2D eigenvalue weighted by Gasteiger charge is 2.49. The van der Waals surface area contributed by atoms with Gasteiger partial charge >= 0.3 is 0 Å². The number of hydrogen-bond donors (Lipinski definition) is 0. The summed E-state index contributed by atoms with van der Waals surface area (Å²) >= 11 is 0. The van der Waals surface area contributed by atoms with E-state index in [0.717, 1.165) is 35.1 Å². The molecule has 2 aromatic heterocycles. The number of benzene rings is 1. The molecule has 1 aromatic carbocycles. The average Bonchev–Trinajstić information content (AvgIpc) is 3.44. The zero-order chi connectivity index (χ0) is 21.8. The molecule has 0 unspecified atom stereocenters. The molecule has 0 spiro atoms. The van der Waals surface area contributed by atoms with E-state index in [4.69, 9.17) is 12.2 Å². The fraction of sp³-hybridized carbons (Fsp3) is 0.435. The lowest BCUT2D eigenvalue weighted by Gasteiger charge is -2.43. The molecule has 0 radical (unpaired) electrons. The van der Waals surface area contributed by atoms with Crippen molar-refractivity contribution in [2.75, 3.05) is 7.11 Å². The fourth-order valence-corrected chi connectivity index (χ4v) is 4.21. The van der Waals surface area contributed by atoms with Gasteiger partial charge in [0.05, 0.1) is 21.3 Å². The van der Waals surface area contributed by atoms with Gasteiger partial charge in [0.1, 0.15) is 23.4 Å². The van der Waals surface area contributed by atoms with E-state index in [1.165, 1.54) is 26.0 Å². The minimum atomic E-state index is -0.812. The van der Waals surface area contributed by atoms with E-state index in [-0.39, 0.29) is 18.2 Å². The topological polar surface area (TPSA) is 72.4 Å². The van der Waals surface area contributed by atoms with E-state index >= 15 is 0 Å². The second-order valence-corrected chi connectivity index (χ2v) is 8.15. The molecule has 0 amide bonds. The van der Waals surface area contributed by atoms with Gasteiger partial charge in [-0.2, -0.15) is 5.26 Å². The Balaban J connectivity index is 1.37. The van der Waals surface area contributed by atoms with Crippen molar-refractivity contribution in [1.29, 1.82) is 5.26 Å². The molecule has 2 heterocycles. The van der Waals surface area contributed by atoms with Crippen LogP contribution in [0.3, 0.4) is 0 Å². The first kappa shape index (κ1) is 15.8. The maximum absolute atomic E-state index is 9.95. The molecule has 0 saturated heterocycles. The Morgan fingerprint density at radius 2 is 2.14 bits per heavy atom. The predicted molar refractivity (Wildman–Crippen MR) is 108 cm³/mol. The first-order valence-corrected chi connectivity index (χ1v) is 10.0. The number of nitriles is 1. The minimum Gasteiger partial charge on any atom is -0.496 e. The zero-order valence-corrected chi connectivity index (χ0v) is 16.6. The second kappa shape index (κ2) is 6.77. The second-order valence-electron chi connectivity index (χ2n) is 8.15. The lowest BCUT2D eigenvalue weighted by molar-refractivity contribution is 0.0650. The van der Waals surface area contributed by atoms with Crippen LogP contribution in [0.15, 0.2) is 36.5 Å². The quantitative estimate of drug-likeness (QED) is 0.634. The van der Waals surface area contributed by atoms with Crippen LogP contribution in [0.2, 0.25) is 0 Å². The van der Waals surface area contributed by atoms with Crippen LogP contribution in [-0.2, 0) is 11.8 Å². The molecule has 29 heavy (non-hydrogen) atoms. The van der Waals surface area contributed by atoms with Gasteiger partial charge in [0.15, 0.2) is 5.65 Å². The highest BCUT2D eigenvalue weighted by molar-refractivity contribution is 5.54. The number of methoxy groups -OCH3 is 1. The number of para-hydroxylation sites is 1. The monoisotopic (exact) mass is 392 g/mol. The van der Waals surface area contributed by atoms with Crippen LogP contribution in [-0.4, -0.2) is 27.8 Å². The number of hydrogen-bond acceptors (Lipinski definition) is 5. The summed E-state index contributed by atoms with van der Waals surface area (Å²) in [7, 11) is 1.49. The summed E-state index contributed by atoms with van der Waals surface area (Å²) in [6.45, 7) is 1.98. The molecule has 6 heteroatoms. The van der Waals surface area contributed by atoms with Gasteiger partial charge in [-0.3, -0.25) is 4.40 Å². The molecule has 0 aliphatic heterocycles. The molecule has 0 N–H and O–H groups in total. The summed E-state index contributed by atoms with van der Waals surface area (Å²) in [5.74, 6) is 2.84. The largest absolute Gasteiger partial charge is 0.496 e. The summed E-state index contributed by atoms with van der Waals surface area (Å²) in [5, 5.41) is 18.7. The lowest BCUT2D eigenvalue weighted by Crippen LogP contribution is -2.46. The van der Waals surface area contributed by atoms with Crippen LogP contribution < -0.4 is 9.47 Å². The molecular weight excluding hydrogens is 364 g/mol. The van der Waals surface area contributed by atoms with Gasteiger partial charge < -0.3 is 9.47 Å². The third kappa shape index (κ3) is 3.02. The van der Waals surface area contributed by atoms with Gasteiger partial charge in [-0.15, -0.1) is 10.2 Å². The number of fused-ring (bicyclic) bond motifs is 1. The van der Waals surface area contributed by atoms with E-state index in [2.05, 4.69) is 16.3 Å². The molecule has 2 aliphatic carbocycles. The molecule has 148 valence electrons. The van der Waals surface area contributed by atoms with Crippen molar-refractivity contribution in [3.8, 4) is 17.6 Å². The van der Waals surface area contributed by atoms with E-state index in [9.17, 15) is 5.26 Å². The van der Waals surface area contributed by atoms with Crippen molar-refractivity contribution in [1.82, 2.24) is 14.6 Å². The minimum absolute atomic E-state index is 0.124. The standard InChI is InChI=1S/C23H24N4O2/c1-15-19(9-10-27-21(11-16-7-8-16)25-26-22(15)27)29-17-12-23(13-17,14-24)18-5-3-4-6-20(18)28-2/h3-6,9-10,16-17H,7-8,11-13H2,1-2H3/t17-,23-/i3T,6T. The summed E-state index contributed by atoms with van der Waals surface area (Å²) < 4.78 is 29.7. The smallest absolute Gasteiger partial charge is 0.167 e. The van der Waals surface area contributed by atoms with Crippen LogP contribution in [0.1, 0.15) is 45.4 Å². The van der Waals surface area contributed by atoms with Crippen LogP contribution >= 0.6 is 0 Å². The Bertz CT molecular complexity index is 1210. The van der Waals surface area contributed by atoms with E-state index in [1.54, 1.807) is 6.07 Å². The molecule has 2 aliphatic rings. The summed E-state index contributed by atoms with van der Waals surface area (Å²) in [6.07, 6.45) is 6.29. The maximum atomic E-state index is 9.95. The first-order chi connectivity index (χ1) is 14.9. The number of rotatable bonds is 6. The number of aryl methyl sites for hydroxylation is 1. The molecule has 6 nitrogen and oxygen atoms in total.